The van der Waals surface area contributed by atoms with Gasteiger partial charge < -0.3 is 4.74 Å². The van der Waals surface area contributed by atoms with Crippen LogP contribution in [0, 0.1) is 5.92 Å². The first-order chi connectivity index (χ1) is 5.83. The van der Waals surface area contributed by atoms with Gasteiger partial charge in [0.2, 0.25) is 0 Å². The molecule has 0 aromatic rings. The molecule has 2 bridgehead atoms. The van der Waals surface area contributed by atoms with E-state index in [2.05, 4.69) is 4.90 Å². The quantitative estimate of drug-likeness (QED) is 0.568. The molecule has 0 aliphatic carbocycles. The molecule has 68 valence electrons. The Bertz CT molecular complexity index is 173. The molecule has 2 aliphatic rings. The summed E-state index contributed by atoms with van der Waals surface area (Å²) in [5.74, 6) is 0.585. The first kappa shape index (κ1) is 8.05. The molecule has 3 heteroatoms. The lowest BCUT2D eigenvalue weighted by Gasteiger charge is -2.16. The van der Waals surface area contributed by atoms with Gasteiger partial charge in [0.1, 0.15) is 6.04 Å². The molecule has 0 saturated carbocycles. The Morgan fingerprint density at radius 2 is 2.17 bits per heavy atom. The maximum absolute atomic E-state index is 11.4. The number of hydrogen-bond donors (Lipinski definition) is 0. The van der Waals surface area contributed by atoms with Crippen LogP contribution in [0.3, 0.4) is 0 Å². The molecular formula is C9H15NO2. The molecule has 2 saturated heterocycles. The first-order valence-corrected chi connectivity index (χ1v) is 4.73. The number of carbonyl (C=O) groups excluding carboxylic acids is 1. The smallest absolute Gasteiger partial charge is 0.323 e. The number of esters is 1. The third-order valence-electron chi connectivity index (χ3n) is 2.94. The van der Waals surface area contributed by atoms with E-state index >= 15 is 0 Å². The SMILES string of the molecule is CCOC(=O)[C@H]1C2CCN1CC2. The lowest BCUT2D eigenvalue weighted by molar-refractivity contribution is -0.148. The Balaban J connectivity index is 2.00. The fourth-order valence-corrected chi connectivity index (χ4v) is 2.38. The van der Waals surface area contributed by atoms with E-state index < -0.39 is 0 Å². The molecule has 1 atom stereocenters. The molecule has 12 heavy (non-hydrogen) atoms. The van der Waals surface area contributed by atoms with Crippen molar-refractivity contribution >= 4 is 5.97 Å². The highest BCUT2D eigenvalue weighted by atomic mass is 16.5. The van der Waals surface area contributed by atoms with Crippen molar-refractivity contribution in [1.29, 1.82) is 0 Å². The van der Waals surface area contributed by atoms with Crippen LogP contribution >= 0.6 is 0 Å². The highest BCUT2D eigenvalue weighted by Crippen LogP contribution is 2.34. The highest BCUT2D eigenvalue weighted by molar-refractivity contribution is 5.77. The number of rotatable bonds is 2. The number of piperidine rings is 1. The number of carbonyl (C=O) groups is 1. The predicted octanol–water partition coefficient (Wildman–Crippen LogP) is 0.644. The van der Waals surface area contributed by atoms with Crippen LogP contribution in [0.4, 0.5) is 0 Å². The monoisotopic (exact) mass is 169 g/mol. The topological polar surface area (TPSA) is 29.5 Å². The summed E-state index contributed by atoms with van der Waals surface area (Å²) >= 11 is 0. The van der Waals surface area contributed by atoms with Gasteiger partial charge >= 0.3 is 5.97 Å². The zero-order valence-corrected chi connectivity index (χ0v) is 7.45. The summed E-state index contributed by atoms with van der Waals surface area (Å²) in [6, 6.07) is 0.102. The summed E-state index contributed by atoms with van der Waals surface area (Å²) in [5.41, 5.74) is 0. The van der Waals surface area contributed by atoms with E-state index in [4.69, 9.17) is 4.74 Å². The fraction of sp³-hybridized carbons (Fsp3) is 0.889. The maximum atomic E-state index is 11.4. The van der Waals surface area contributed by atoms with E-state index in [1.807, 2.05) is 6.92 Å². The summed E-state index contributed by atoms with van der Waals surface area (Å²) in [6.45, 7) is 4.56. The molecule has 0 aromatic carbocycles. The van der Waals surface area contributed by atoms with E-state index in [0.717, 1.165) is 13.1 Å². The molecule has 2 heterocycles. The molecule has 0 radical (unpaired) electrons. The molecule has 2 rings (SSSR count). The van der Waals surface area contributed by atoms with Gasteiger partial charge in [0.05, 0.1) is 6.61 Å². The molecule has 2 aliphatic heterocycles. The van der Waals surface area contributed by atoms with Gasteiger partial charge in [-0.05, 0) is 38.8 Å². The first-order valence-electron chi connectivity index (χ1n) is 4.73. The molecule has 0 unspecified atom stereocenters. The average Bonchev–Trinajstić information content (AvgIpc) is 2.62. The van der Waals surface area contributed by atoms with Crippen LogP contribution in [-0.2, 0) is 9.53 Å². The Morgan fingerprint density at radius 1 is 1.50 bits per heavy atom. The summed E-state index contributed by atoms with van der Waals surface area (Å²) in [6.07, 6.45) is 2.37. The van der Waals surface area contributed by atoms with Gasteiger partial charge in [-0.15, -0.1) is 0 Å². The van der Waals surface area contributed by atoms with E-state index in [-0.39, 0.29) is 12.0 Å². The molecule has 2 fully saturated rings. The number of fused-ring (bicyclic) bond motifs is 2. The molecule has 3 nitrogen and oxygen atoms in total. The second kappa shape index (κ2) is 3.05. The minimum absolute atomic E-state index is 0.00231. The third kappa shape index (κ3) is 1.12. The van der Waals surface area contributed by atoms with Crippen LogP contribution in [0.15, 0.2) is 0 Å². The van der Waals surface area contributed by atoms with E-state index in [0.29, 0.717) is 12.5 Å². The second-order valence-electron chi connectivity index (χ2n) is 3.57. The van der Waals surface area contributed by atoms with Crippen LogP contribution in [0.1, 0.15) is 19.8 Å². The zero-order chi connectivity index (χ0) is 8.55. The Morgan fingerprint density at radius 3 is 2.58 bits per heavy atom. The molecule has 0 aromatic heterocycles. The van der Waals surface area contributed by atoms with Crippen molar-refractivity contribution in [3.05, 3.63) is 0 Å². The summed E-state index contributed by atoms with van der Waals surface area (Å²) in [5, 5.41) is 0. The Hall–Kier alpha value is -0.570. The van der Waals surface area contributed by atoms with E-state index in [1.54, 1.807) is 0 Å². The zero-order valence-electron chi connectivity index (χ0n) is 7.45. The van der Waals surface area contributed by atoms with Gasteiger partial charge in [-0.3, -0.25) is 9.69 Å². The van der Waals surface area contributed by atoms with Crippen molar-refractivity contribution in [2.75, 3.05) is 19.7 Å². The maximum Gasteiger partial charge on any atom is 0.323 e. The van der Waals surface area contributed by atoms with Crippen molar-refractivity contribution in [2.45, 2.75) is 25.8 Å². The largest absolute Gasteiger partial charge is 0.465 e. The Labute approximate surface area is 72.7 Å². The van der Waals surface area contributed by atoms with Crippen molar-refractivity contribution < 1.29 is 9.53 Å². The van der Waals surface area contributed by atoms with Crippen LogP contribution in [-0.4, -0.2) is 36.6 Å². The van der Waals surface area contributed by atoms with Gasteiger partial charge in [0.15, 0.2) is 0 Å². The van der Waals surface area contributed by atoms with Gasteiger partial charge in [-0.25, -0.2) is 0 Å². The number of ether oxygens (including phenoxy) is 1. The molecule has 0 amide bonds. The number of nitrogens with zero attached hydrogens (tertiary/aromatic N) is 1. The lowest BCUT2D eigenvalue weighted by Crippen LogP contribution is -2.34. The average molecular weight is 169 g/mol. The summed E-state index contributed by atoms with van der Waals surface area (Å²) < 4.78 is 5.03. The summed E-state index contributed by atoms with van der Waals surface area (Å²) in [7, 11) is 0. The summed E-state index contributed by atoms with van der Waals surface area (Å²) in [4.78, 5) is 13.7. The van der Waals surface area contributed by atoms with Crippen molar-refractivity contribution in [1.82, 2.24) is 4.90 Å². The highest BCUT2D eigenvalue weighted by Gasteiger charge is 2.44. The lowest BCUT2D eigenvalue weighted by atomic mass is 10.00. The minimum atomic E-state index is -0.00231. The van der Waals surface area contributed by atoms with Crippen molar-refractivity contribution in [3.63, 3.8) is 0 Å². The standard InChI is InChI=1S/C9H15NO2/c1-2-12-9(11)8-7-3-5-10(8)6-4-7/h7-8H,2-6H2,1H3/t8-/m1/s1. The normalized spacial score (nSPS) is 38.6. The van der Waals surface area contributed by atoms with E-state index in [9.17, 15) is 4.79 Å². The minimum Gasteiger partial charge on any atom is -0.465 e. The predicted molar refractivity (Wildman–Crippen MR) is 44.7 cm³/mol. The van der Waals surface area contributed by atoms with Gasteiger partial charge in [0, 0.05) is 0 Å². The van der Waals surface area contributed by atoms with Crippen molar-refractivity contribution in [2.24, 2.45) is 5.92 Å². The fourth-order valence-electron chi connectivity index (χ4n) is 2.38. The van der Waals surface area contributed by atoms with Crippen LogP contribution in [0.5, 0.6) is 0 Å². The Kier molecular flexibility index (Phi) is 2.05. The second-order valence-corrected chi connectivity index (χ2v) is 3.57. The molecular weight excluding hydrogens is 154 g/mol. The third-order valence-corrected chi connectivity index (χ3v) is 2.94. The van der Waals surface area contributed by atoms with Gasteiger partial charge in [-0.2, -0.15) is 0 Å². The van der Waals surface area contributed by atoms with Crippen LogP contribution in [0.2, 0.25) is 0 Å². The van der Waals surface area contributed by atoms with Crippen molar-refractivity contribution in [3.8, 4) is 0 Å². The van der Waals surface area contributed by atoms with Gasteiger partial charge in [0.25, 0.3) is 0 Å². The molecule has 0 spiro atoms. The van der Waals surface area contributed by atoms with Gasteiger partial charge in [-0.1, -0.05) is 0 Å². The number of hydrogen-bond acceptors (Lipinski definition) is 3. The van der Waals surface area contributed by atoms with E-state index in [1.165, 1.54) is 12.8 Å². The van der Waals surface area contributed by atoms with Crippen LogP contribution < -0.4 is 0 Å². The van der Waals surface area contributed by atoms with Crippen LogP contribution in [0.25, 0.3) is 0 Å². The molecule has 0 N–H and O–H groups in total.